The van der Waals surface area contributed by atoms with Crippen molar-refractivity contribution >= 4 is 37.3 Å². The molecule has 1 fully saturated rings. The van der Waals surface area contributed by atoms with E-state index in [4.69, 9.17) is 14.2 Å². The first kappa shape index (κ1) is 20.9. The van der Waals surface area contributed by atoms with Gasteiger partial charge in [-0.3, -0.25) is 14.4 Å². The van der Waals surface area contributed by atoms with Gasteiger partial charge in [-0.2, -0.15) is 0 Å². The van der Waals surface area contributed by atoms with Gasteiger partial charge in [-0.1, -0.05) is 15.9 Å². The van der Waals surface area contributed by atoms with Crippen LogP contribution in [0.25, 0.3) is 0 Å². The molecule has 1 saturated heterocycles. The molecule has 2 heterocycles. The Kier molecular flexibility index (Phi) is 5.85. The van der Waals surface area contributed by atoms with Crippen molar-refractivity contribution < 1.29 is 27.6 Å². The van der Waals surface area contributed by atoms with Crippen LogP contribution in [-0.2, 0) is 14.8 Å². The van der Waals surface area contributed by atoms with Crippen LogP contribution in [0.3, 0.4) is 0 Å². The number of rotatable bonds is 6. The average molecular weight is 499 g/mol. The summed E-state index contributed by atoms with van der Waals surface area (Å²) in [5.74, 6) is 0.319. The number of benzene rings is 2. The molecular weight excluding hydrogens is 480 g/mol. The molecule has 9 nitrogen and oxygen atoms in total. The third-order valence-corrected chi connectivity index (χ3v) is 7.25. The number of nitro benzene ring substituents is 1. The molecule has 0 aliphatic carbocycles. The minimum absolute atomic E-state index is 0.0512. The minimum Gasteiger partial charge on any atom is -0.486 e. The molecule has 2 aromatic carbocycles. The fourth-order valence-electron chi connectivity index (χ4n) is 3.45. The maximum Gasteiger partial charge on any atom is 0.293 e. The molecule has 0 amide bonds. The number of ether oxygens (including phenoxy) is 3. The van der Waals surface area contributed by atoms with Gasteiger partial charge in [-0.15, -0.1) is 0 Å². The Morgan fingerprint density at radius 1 is 1.10 bits per heavy atom. The lowest BCUT2D eigenvalue weighted by Gasteiger charge is -2.27. The van der Waals surface area contributed by atoms with Gasteiger partial charge in [-0.05, 0) is 37.1 Å². The topological polar surface area (TPSA) is 108 Å². The van der Waals surface area contributed by atoms with E-state index in [1.165, 1.54) is 6.07 Å². The van der Waals surface area contributed by atoms with E-state index < -0.39 is 25.5 Å². The third kappa shape index (κ3) is 4.09. The summed E-state index contributed by atoms with van der Waals surface area (Å²) in [7, 11) is -4.30. The van der Waals surface area contributed by atoms with Gasteiger partial charge in [0.15, 0.2) is 16.4 Å². The quantitative estimate of drug-likeness (QED) is 0.442. The van der Waals surface area contributed by atoms with Gasteiger partial charge in [0.2, 0.25) is 0 Å². The molecule has 2 aliphatic rings. The lowest BCUT2D eigenvalue weighted by atomic mass is 10.2. The summed E-state index contributed by atoms with van der Waals surface area (Å²) in [6.45, 7) is 1.08. The van der Waals surface area contributed by atoms with Gasteiger partial charge in [0.1, 0.15) is 13.2 Å². The monoisotopic (exact) mass is 498 g/mol. The number of fused-ring (bicyclic) bond motifs is 1. The van der Waals surface area contributed by atoms with E-state index in [9.17, 15) is 18.5 Å². The van der Waals surface area contributed by atoms with Gasteiger partial charge in [0, 0.05) is 17.1 Å². The molecule has 0 saturated carbocycles. The lowest BCUT2D eigenvalue weighted by molar-refractivity contribution is -0.388. The maximum absolute atomic E-state index is 13.7. The van der Waals surface area contributed by atoms with Crippen LogP contribution in [0, 0.1) is 10.1 Å². The van der Waals surface area contributed by atoms with E-state index >= 15 is 0 Å². The molecule has 2 aliphatic heterocycles. The van der Waals surface area contributed by atoms with E-state index in [0.29, 0.717) is 18.7 Å². The summed E-state index contributed by atoms with van der Waals surface area (Å²) in [5.41, 5.74) is -0.174. The Morgan fingerprint density at radius 3 is 2.37 bits per heavy atom. The maximum atomic E-state index is 13.7. The van der Waals surface area contributed by atoms with Crippen molar-refractivity contribution in [1.29, 1.82) is 0 Å². The molecule has 0 spiro atoms. The van der Waals surface area contributed by atoms with Crippen molar-refractivity contribution in [3.63, 3.8) is 0 Å². The number of halogens is 1. The number of anilines is 1. The second kappa shape index (κ2) is 8.40. The smallest absolute Gasteiger partial charge is 0.293 e. The van der Waals surface area contributed by atoms with Crippen LogP contribution in [0.1, 0.15) is 12.8 Å². The highest BCUT2D eigenvalue weighted by atomic mass is 79.9. The van der Waals surface area contributed by atoms with Crippen molar-refractivity contribution in [3.8, 4) is 11.5 Å². The first-order chi connectivity index (χ1) is 14.4. The van der Waals surface area contributed by atoms with E-state index in [-0.39, 0.29) is 37.4 Å². The lowest BCUT2D eigenvalue weighted by Crippen LogP contribution is -2.37. The molecule has 2 aromatic rings. The standard InChI is InChI=1S/C19H19BrN2O7S/c20-13-3-5-14(6-4-13)21(12-15-2-1-7-27-15)30(25,26)19-11-18-17(28-8-9-29-18)10-16(19)22(23)24/h3-6,10-11,15H,1-2,7-9,12H2. The van der Waals surface area contributed by atoms with Crippen LogP contribution in [-0.4, -0.2) is 45.8 Å². The zero-order valence-electron chi connectivity index (χ0n) is 15.8. The predicted octanol–water partition coefficient (Wildman–Crippen LogP) is 3.50. The number of hydrogen-bond acceptors (Lipinski definition) is 7. The van der Waals surface area contributed by atoms with Crippen LogP contribution in [0.15, 0.2) is 45.8 Å². The number of nitrogens with zero attached hydrogens (tertiary/aromatic N) is 2. The SMILES string of the molecule is O=[N+]([O-])c1cc2c(cc1S(=O)(=O)N(CC1CCCO1)c1ccc(Br)cc1)OCCO2. The predicted molar refractivity (Wildman–Crippen MR) is 112 cm³/mol. The van der Waals surface area contributed by atoms with Gasteiger partial charge in [0.25, 0.3) is 15.7 Å². The summed E-state index contributed by atoms with van der Waals surface area (Å²) >= 11 is 3.34. The van der Waals surface area contributed by atoms with Gasteiger partial charge < -0.3 is 14.2 Å². The molecule has 1 unspecified atom stereocenters. The van der Waals surface area contributed by atoms with Crippen molar-refractivity contribution in [2.75, 3.05) is 30.7 Å². The number of sulfonamides is 1. The van der Waals surface area contributed by atoms with Crippen molar-refractivity contribution in [3.05, 3.63) is 51.0 Å². The summed E-state index contributed by atoms with van der Waals surface area (Å²) in [5, 5.41) is 11.7. The van der Waals surface area contributed by atoms with Gasteiger partial charge in [0.05, 0.1) is 29.3 Å². The molecule has 1 atom stereocenters. The number of nitro groups is 1. The van der Waals surface area contributed by atoms with Crippen molar-refractivity contribution in [2.24, 2.45) is 0 Å². The van der Waals surface area contributed by atoms with Crippen LogP contribution in [0.5, 0.6) is 11.5 Å². The molecule has 0 radical (unpaired) electrons. The highest BCUT2D eigenvalue weighted by Crippen LogP contribution is 2.40. The molecule has 160 valence electrons. The Labute approximate surface area is 181 Å². The van der Waals surface area contributed by atoms with E-state index in [0.717, 1.165) is 21.3 Å². The highest BCUT2D eigenvalue weighted by molar-refractivity contribution is 9.10. The van der Waals surface area contributed by atoms with Crippen LogP contribution < -0.4 is 13.8 Å². The molecule has 0 bridgehead atoms. The van der Waals surface area contributed by atoms with Gasteiger partial charge in [-0.25, -0.2) is 8.42 Å². The molecule has 0 N–H and O–H groups in total. The normalized spacial score (nSPS) is 18.2. The van der Waals surface area contributed by atoms with Gasteiger partial charge >= 0.3 is 0 Å². The summed E-state index contributed by atoms with van der Waals surface area (Å²) in [6.07, 6.45) is 1.26. The molecular formula is C19H19BrN2O7S. The number of hydrogen-bond donors (Lipinski definition) is 0. The highest BCUT2D eigenvalue weighted by Gasteiger charge is 2.36. The van der Waals surface area contributed by atoms with Crippen molar-refractivity contribution in [1.82, 2.24) is 0 Å². The second-order valence-corrected chi connectivity index (χ2v) is 9.61. The Bertz CT molecular complexity index is 1050. The molecule has 4 rings (SSSR count). The summed E-state index contributed by atoms with van der Waals surface area (Å²) in [6, 6.07) is 8.98. The fraction of sp³-hybridized carbons (Fsp3) is 0.368. The van der Waals surface area contributed by atoms with E-state index in [2.05, 4.69) is 15.9 Å². The Hall–Kier alpha value is -2.37. The van der Waals surface area contributed by atoms with E-state index in [1.54, 1.807) is 24.3 Å². The Balaban J connectivity index is 1.83. The first-order valence-electron chi connectivity index (χ1n) is 9.34. The molecule has 11 heteroatoms. The first-order valence-corrected chi connectivity index (χ1v) is 11.6. The summed E-state index contributed by atoms with van der Waals surface area (Å²) in [4.78, 5) is 10.5. The van der Waals surface area contributed by atoms with Crippen LogP contribution in [0.4, 0.5) is 11.4 Å². The molecule has 0 aromatic heterocycles. The minimum atomic E-state index is -4.30. The Morgan fingerprint density at radius 2 is 1.77 bits per heavy atom. The van der Waals surface area contributed by atoms with Crippen molar-refractivity contribution in [2.45, 2.75) is 23.8 Å². The zero-order valence-corrected chi connectivity index (χ0v) is 18.2. The largest absolute Gasteiger partial charge is 0.486 e. The van der Waals surface area contributed by atoms with Crippen LogP contribution in [0.2, 0.25) is 0 Å². The fourth-order valence-corrected chi connectivity index (χ4v) is 5.37. The second-order valence-electron chi connectivity index (χ2n) is 6.87. The zero-order chi connectivity index (χ0) is 21.3. The average Bonchev–Trinajstić information content (AvgIpc) is 3.25. The van der Waals surface area contributed by atoms with E-state index in [1.807, 2.05) is 0 Å². The molecule has 30 heavy (non-hydrogen) atoms. The van der Waals surface area contributed by atoms with Crippen LogP contribution >= 0.6 is 15.9 Å². The third-order valence-electron chi connectivity index (χ3n) is 4.90. The summed E-state index contributed by atoms with van der Waals surface area (Å²) < 4.78 is 45.8.